The zero-order chi connectivity index (χ0) is 15.4. The second-order valence-corrected chi connectivity index (χ2v) is 4.74. The number of nitrogens with zero attached hydrogens (tertiary/aromatic N) is 3. The van der Waals surface area contributed by atoms with Crippen LogP contribution in [0.5, 0.6) is 0 Å². The minimum absolute atomic E-state index is 0.0265. The average Bonchev–Trinajstić information content (AvgIpc) is 2.41. The van der Waals surface area contributed by atoms with Gasteiger partial charge in [-0.1, -0.05) is 29.3 Å². The molecular weight excluding hydrogens is 316 g/mol. The lowest BCUT2D eigenvalue weighted by atomic mass is 10.2. The first-order valence-corrected chi connectivity index (χ1v) is 6.47. The Kier molecular flexibility index (Phi) is 4.72. The Bertz CT molecular complexity index is 693. The van der Waals surface area contributed by atoms with Crippen molar-refractivity contribution in [3.63, 3.8) is 0 Å². The molecule has 0 amide bonds. The topological polar surface area (TPSA) is 89.6 Å². The van der Waals surface area contributed by atoms with Crippen LogP contribution in [0.25, 0.3) is 0 Å². The van der Waals surface area contributed by atoms with E-state index in [9.17, 15) is 4.39 Å². The largest absolute Gasteiger partial charge is 0.383 e. The third kappa shape index (κ3) is 3.90. The molecule has 1 heterocycles. The van der Waals surface area contributed by atoms with Crippen LogP contribution in [0.1, 0.15) is 5.56 Å². The minimum Gasteiger partial charge on any atom is -0.383 e. The summed E-state index contributed by atoms with van der Waals surface area (Å²) in [6.07, 6.45) is 1.41. The van der Waals surface area contributed by atoms with Gasteiger partial charge >= 0.3 is 0 Å². The van der Waals surface area contributed by atoms with Crippen molar-refractivity contribution in [3.05, 3.63) is 58.0 Å². The number of aliphatic imine (C=N–C) groups is 2. The zero-order valence-electron chi connectivity index (χ0n) is 10.6. The van der Waals surface area contributed by atoms with E-state index in [2.05, 4.69) is 15.0 Å². The van der Waals surface area contributed by atoms with E-state index in [1.807, 2.05) is 0 Å². The molecule has 0 aliphatic heterocycles. The van der Waals surface area contributed by atoms with Crippen molar-refractivity contribution < 1.29 is 4.39 Å². The van der Waals surface area contributed by atoms with Gasteiger partial charge in [-0.25, -0.2) is 9.37 Å². The normalized spacial score (nSPS) is 12.5. The van der Waals surface area contributed by atoms with Crippen LogP contribution in [-0.4, -0.2) is 16.8 Å². The maximum Gasteiger partial charge on any atom is 0.224 e. The number of guanidine groups is 1. The molecule has 0 saturated heterocycles. The van der Waals surface area contributed by atoms with Gasteiger partial charge in [0.2, 0.25) is 5.96 Å². The summed E-state index contributed by atoms with van der Waals surface area (Å²) in [5.41, 5.74) is 11.3. The molecule has 2 rings (SSSR count). The van der Waals surface area contributed by atoms with Crippen molar-refractivity contribution >= 4 is 40.8 Å². The number of benzene rings is 1. The number of halogens is 3. The summed E-state index contributed by atoms with van der Waals surface area (Å²) in [6.45, 7) is 0. The monoisotopic (exact) mass is 325 g/mol. The van der Waals surface area contributed by atoms with E-state index in [-0.39, 0.29) is 22.4 Å². The van der Waals surface area contributed by atoms with E-state index in [1.165, 1.54) is 24.4 Å². The van der Waals surface area contributed by atoms with Crippen molar-refractivity contribution in [1.29, 1.82) is 0 Å². The minimum atomic E-state index is -0.596. The Labute approximate surface area is 130 Å². The van der Waals surface area contributed by atoms with Crippen molar-refractivity contribution in [1.82, 2.24) is 4.98 Å². The lowest BCUT2D eigenvalue weighted by Gasteiger charge is -2.04. The second kappa shape index (κ2) is 6.51. The van der Waals surface area contributed by atoms with E-state index in [0.717, 1.165) is 0 Å². The molecule has 108 valence electrons. The van der Waals surface area contributed by atoms with Crippen LogP contribution in [0, 0.1) is 5.82 Å². The van der Waals surface area contributed by atoms with Crippen molar-refractivity contribution in [2.45, 2.75) is 0 Å². The molecule has 0 unspecified atom stereocenters. The molecular formula is C13H10Cl2FN5. The first kappa shape index (κ1) is 15.2. The first-order chi connectivity index (χ1) is 9.97. The Hall–Kier alpha value is -2.18. The van der Waals surface area contributed by atoms with Gasteiger partial charge in [0, 0.05) is 6.20 Å². The number of nitrogens with two attached hydrogens (primary N) is 2. The lowest BCUT2D eigenvalue weighted by molar-refractivity contribution is 0.625. The number of amidine groups is 1. The van der Waals surface area contributed by atoms with Gasteiger partial charge in [0.25, 0.3) is 0 Å². The highest BCUT2D eigenvalue weighted by molar-refractivity contribution is 6.34. The summed E-state index contributed by atoms with van der Waals surface area (Å²) in [7, 11) is 0. The smallest absolute Gasteiger partial charge is 0.224 e. The number of hydrogen-bond acceptors (Lipinski definition) is 2. The van der Waals surface area contributed by atoms with Gasteiger partial charge < -0.3 is 11.5 Å². The fourth-order valence-electron chi connectivity index (χ4n) is 1.50. The summed E-state index contributed by atoms with van der Waals surface area (Å²) >= 11 is 11.6. The standard InChI is InChI=1S/C13H10Cl2FN5/c14-7-4-5-10(19-6-7)20-13(18)21-12(17)11-8(15)2-1-3-9(11)16/h1-6H,(H4,17,18,19,20,21). The third-order valence-corrected chi connectivity index (χ3v) is 2.93. The summed E-state index contributed by atoms with van der Waals surface area (Å²) in [5.74, 6) is -0.649. The molecule has 5 nitrogen and oxygen atoms in total. The molecule has 0 spiro atoms. The van der Waals surface area contributed by atoms with Gasteiger partial charge in [0.05, 0.1) is 15.6 Å². The Morgan fingerprint density at radius 2 is 1.90 bits per heavy atom. The van der Waals surface area contributed by atoms with E-state index < -0.39 is 5.82 Å². The van der Waals surface area contributed by atoms with Gasteiger partial charge in [-0.15, -0.1) is 0 Å². The van der Waals surface area contributed by atoms with E-state index in [1.54, 1.807) is 12.1 Å². The fourth-order valence-corrected chi connectivity index (χ4v) is 1.87. The van der Waals surface area contributed by atoms with E-state index in [4.69, 9.17) is 34.7 Å². The van der Waals surface area contributed by atoms with Crippen LogP contribution in [0.15, 0.2) is 46.5 Å². The summed E-state index contributed by atoms with van der Waals surface area (Å²) in [4.78, 5) is 11.7. The molecule has 1 aromatic heterocycles. The van der Waals surface area contributed by atoms with Crippen molar-refractivity contribution in [2.75, 3.05) is 0 Å². The molecule has 0 aliphatic carbocycles. The summed E-state index contributed by atoms with van der Waals surface area (Å²) in [5, 5.41) is 0.599. The Balaban J connectivity index is 2.32. The number of hydrogen-bond donors (Lipinski definition) is 2. The van der Waals surface area contributed by atoms with Crippen LogP contribution in [-0.2, 0) is 0 Å². The highest BCUT2D eigenvalue weighted by Crippen LogP contribution is 2.18. The molecule has 0 aliphatic rings. The summed E-state index contributed by atoms with van der Waals surface area (Å²) < 4.78 is 13.7. The van der Waals surface area contributed by atoms with E-state index in [0.29, 0.717) is 10.8 Å². The molecule has 2 aromatic rings. The number of pyridine rings is 1. The van der Waals surface area contributed by atoms with Crippen molar-refractivity contribution in [3.8, 4) is 0 Å². The SMILES string of the molecule is NC(=Nc1ccc(Cl)cn1)N=C(N)c1c(F)cccc1Cl. The molecule has 0 radical (unpaired) electrons. The lowest BCUT2D eigenvalue weighted by Crippen LogP contribution is -2.21. The molecule has 0 bridgehead atoms. The number of aromatic nitrogens is 1. The Morgan fingerprint density at radius 3 is 2.52 bits per heavy atom. The molecule has 4 N–H and O–H groups in total. The Morgan fingerprint density at radius 1 is 1.14 bits per heavy atom. The number of rotatable bonds is 2. The molecule has 21 heavy (non-hydrogen) atoms. The molecule has 8 heteroatoms. The van der Waals surface area contributed by atoms with Crippen LogP contribution in [0.4, 0.5) is 10.2 Å². The van der Waals surface area contributed by atoms with Gasteiger partial charge in [0.15, 0.2) is 5.82 Å². The predicted octanol–water partition coefficient (Wildman–Crippen LogP) is 2.88. The second-order valence-electron chi connectivity index (χ2n) is 3.90. The van der Waals surface area contributed by atoms with Gasteiger partial charge in [0.1, 0.15) is 11.7 Å². The molecule has 0 fully saturated rings. The quantitative estimate of drug-likeness (QED) is 0.657. The van der Waals surface area contributed by atoms with Gasteiger partial charge in [-0.05, 0) is 24.3 Å². The maximum absolute atomic E-state index is 13.7. The van der Waals surface area contributed by atoms with E-state index >= 15 is 0 Å². The highest BCUT2D eigenvalue weighted by Gasteiger charge is 2.11. The maximum atomic E-state index is 13.7. The zero-order valence-corrected chi connectivity index (χ0v) is 12.1. The highest BCUT2D eigenvalue weighted by atomic mass is 35.5. The van der Waals surface area contributed by atoms with Crippen LogP contribution < -0.4 is 11.5 Å². The third-order valence-electron chi connectivity index (χ3n) is 2.39. The molecule has 1 aromatic carbocycles. The molecule has 0 saturated carbocycles. The predicted molar refractivity (Wildman–Crippen MR) is 82.7 cm³/mol. The fraction of sp³-hybridized carbons (Fsp3) is 0. The first-order valence-electron chi connectivity index (χ1n) is 5.71. The van der Waals surface area contributed by atoms with Gasteiger partial charge in [-0.2, -0.15) is 9.98 Å². The average molecular weight is 326 g/mol. The van der Waals surface area contributed by atoms with Crippen LogP contribution >= 0.6 is 23.2 Å². The van der Waals surface area contributed by atoms with Crippen LogP contribution in [0.2, 0.25) is 10.0 Å². The summed E-state index contributed by atoms with van der Waals surface area (Å²) in [6, 6.07) is 7.33. The molecule has 0 atom stereocenters. The van der Waals surface area contributed by atoms with Gasteiger partial charge in [-0.3, -0.25) is 0 Å². The van der Waals surface area contributed by atoms with Crippen molar-refractivity contribution in [2.24, 2.45) is 21.5 Å². The van der Waals surface area contributed by atoms with Crippen LogP contribution in [0.3, 0.4) is 0 Å².